The maximum absolute atomic E-state index is 6.84. The van der Waals surface area contributed by atoms with Gasteiger partial charge in [-0.15, -0.1) is 0 Å². The van der Waals surface area contributed by atoms with E-state index in [1.54, 1.807) is 0 Å². The topological polar surface area (TPSA) is 3.24 Å². The second-order valence-corrected chi connectivity index (χ2v) is 16.3. The number of anilines is 3. The van der Waals surface area contributed by atoms with Crippen LogP contribution in [0.4, 0.5) is 17.1 Å². The molecule has 1 nitrogen and oxygen atoms in total. The van der Waals surface area contributed by atoms with Crippen molar-refractivity contribution in [2.75, 3.05) is 4.90 Å². The van der Waals surface area contributed by atoms with E-state index in [2.05, 4.69) is 146 Å². The molecule has 0 aliphatic heterocycles. The van der Waals surface area contributed by atoms with Crippen LogP contribution in [0.1, 0.15) is 109 Å². The lowest BCUT2D eigenvalue weighted by Gasteiger charge is -2.46. The summed E-state index contributed by atoms with van der Waals surface area (Å²) in [5.41, 5.74) is 13.5. The van der Waals surface area contributed by atoms with E-state index in [-0.39, 0.29) is 21.7 Å². The molecule has 0 atom stereocenters. The molecule has 2 aliphatic rings. The zero-order valence-electron chi connectivity index (χ0n) is 27.7. The average Bonchev–Trinajstić information content (AvgIpc) is 2.94. The molecule has 43 heavy (non-hydrogen) atoms. The van der Waals surface area contributed by atoms with E-state index in [9.17, 15) is 0 Å². The minimum absolute atomic E-state index is 0.0374. The molecular weight excluding hydrogens is 542 g/mol. The summed E-state index contributed by atoms with van der Waals surface area (Å²) in [5, 5.41) is 0.769. The molecule has 0 N–H and O–H groups in total. The molecule has 2 heteroatoms. The standard InChI is InChI=1S/C41H48ClN/c1-27-22-29(42)24-30(23-27)43(35-17-13-16-32-37(35)41(8,9)21-20-38(32,2)3)36-26-34-33(39(4,5)18-19-40(34,6)7)25-31(36)28-14-11-10-12-15-28/h10-17,22-26H,18-21H2,1-9H3. The summed E-state index contributed by atoms with van der Waals surface area (Å²) < 4.78 is 0. The molecular formula is C41H48ClN. The summed E-state index contributed by atoms with van der Waals surface area (Å²) in [6.07, 6.45) is 4.70. The van der Waals surface area contributed by atoms with Crippen molar-refractivity contribution in [3.05, 3.63) is 112 Å². The number of halogens is 1. The van der Waals surface area contributed by atoms with Crippen LogP contribution < -0.4 is 4.90 Å². The fraction of sp³-hybridized carbons (Fsp3) is 0.415. The number of aryl methyl sites for hydroxylation is 1. The highest BCUT2D eigenvalue weighted by Gasteiger charge is 2.42. The van der Waals surface area contributed by atoms with Crippen LogP contribution >= 0.6 is 11.6 Å². The van der Waals surface area contributed by atoms with Crippen molar-refractivity contribution in [1.82, 2.24) is 0 Å². The van der Waals surface area contributed by atoms with Crippen molar-refractivity contribution in [1.29, 1.82) is 0 Å². The largest absolute Gasteiger partial charge is 0.309 e. The van der Waals surface area contributed by atoms with Crippen molar-refractivity contribution in [2.45, 2.75) is 110 Å². The summed E-state index contributed by atoms with van der Waals surface area (Å²) in [4.78, 5) is 2.54. The predicted octanol–water partition coefficient (Wildman–Crippen LogP) is 12.5. The number of fused-ring (bicyclic) bond motifs is 2. The van der Waals surface area contributed by atoms with E-state index < -0.39 is 0 Å². The van der Waals surface area contributed by atoms with Crippen LogP contribution in [0.15, 0.2) is 78.9 Å². The smallest absolute Gasteiger partial charge is 0.0543 e. The lowest BCUT2D eigenvalue weighted by molar-refractivity contribution is 0.331. The Morgan fingerprint density at radius 2 is 1.14 bits per heavy atom. The van der Waals surface area contributed by atoms with Gasteiger partial charge in [-0.05, 0) is 124 Å². The molecule has 4 aromatic carbocycles. The number of nitrogens with zero attached hydrogens (tertiary/aromatic N) is 1. The van der Waals surface area contributed by atoms with Crippen LogP contribution in [0, 0.1) is 6.92 Å². The highest BCUT2D eigenvalue weighted by Crippen LogP contribution is 2.55. The Morgan fingerprint density at radius 3 is 1.77 bits per heavy atom. The third-order valence-electron chi connectivity index (χ3n) is 10.6. The highest BCUT2D eigenvalue weighted by molar-refractivity contribution is 6.31. The van der Waals surface area contributed by atoms with E-state index in [1.165, 1.54) is 64.0 Å². The molecule has 0 amide bonds. The van der Waals surface area contributed by atoms with E-state index in [4.69, 9.17) is 11.6 Å². The molecule has 0 saturated carbocycles. The molecule has 2 aliphatic carbocycles. The van der Waals surface area contributed by atoms with Crippen molar-refractivity contribution < 1.29 is 0 Å². The number of benzene rings is 4. The number of hydrogen-bond acceptors (Lipinski definition) is 1. The SMILES string of the molecule is Cc1cc(Cl)cc(N(c2cc3c(cc2-c2ccccc2)C(C)(C)CCC3(C)C)c2cccc3c2C(C)(C)CCC3(C)C)c1. The van der Waals surface area contributed by atoms with Gasteiger partial charge >= 0.3 is 0 Å². The van der Waals surface area contributed by atoms with Gasteiger partial charge in [0.2, 0.25) is 0 Å². The molecule has 0 fully saturated rings. The molecule has 0 aromatic heterocycles. The zero-order chi connectivity index (χ0) is 30.9. The summed E-state index contributed by atoms with van der Waals surface area (Å²) in [5.74, 6) is 0. The fourth-order valence-electron chi connectivity index (χ4n) is 7.78. The Kier molecular flexibility index (Phi) is 7.17. The molecule has 0 radical (unpaired) electrons. The Balaban J connectivity index is 1.76. The molecule has 0 heterocycles. The second kappa shape index (κ2) is 10.3. The first-order valence-electron chi connectivity index (χ1n) is 16.1. The van der Waals surface area contributed by atoms with Crippen LogP contribution in [-0.4, -0.2) is 0 Å². The Labute approximate surface area is 265 Å². The van der Waals surface area contributed by atoms with E-state index in [0.29, 0.717) is 0 Å². The quantitative estimate of drug-likeness (QED) is 0.229. The normalized spacial score (nSPS) is 19.3. The minimum atomic E-state index is 0.0374. The van der Waals surface area contributed by atoms with Crippen molar-refractivity contribution in [3.63, 3.8) is 0 Å². The van der Waals surface area contributed by atoms with Crippen LogP contribution in [0.25, 0.3) is 11.1 Å². The van der Waals surface area contributed by atoms with E-state index in [1.807, 2.05) is 0 Å². The number of hydrogen-bond donors (Lipinski definition) is 0. The van der Waals surface area contributed by atoms with Crippen molar-refractivity contribution in [2.24, 2.45) is 0 Å². The molecule has 0 unspecified atom stereocenters. The van der Waals surface area contributed by atoms with E-state index >= 15 is 0 Å². The number of rotatable bonds is 4. The first-order chi connectivity index (χ1) is 20.1. The van der Waals surface area contributed by atoms with Crippen LogP contribution in [0.3, 0.4) is 0 Å². The van der Waals surface area contributed by atoms with Gasteiger partial charge < -0.3 is 4.90 Å². The monoisotopic (exact) mass is 589 g/mol. The first kappa shape index (κ1) is 30.0. The van der Waals surface area contributed by atoms with Gasteiger partial charge in [0.1, 0.15) is 0 Å². The molecule has 0 bridgehead atoms. The van der Waals surface area contributed by atoms with Gasteiger partial charge in [0.25, 0.3) is 0 Å². The van der Waals surface area contributed by atoms with E-state index in [0.717, 1.165) is 22.7 Å². The van der Waals surface area contributed by atoms with Gasteiger partial charge in [-0.2, -0.15) is 0 Å². The summed E-state index contributed by atoms with van der Waals surface area (Å²) in [6, 6.07) is 29.5. The molecule has 0 spiro atoms. The summed E-state index contributed by atoms with van der Waals surface area (Å²) in [6.45, 7) is 21.5. The summed E-state index contributed by atoms with van der Waals surface area (Å²) >= 11 is 6.84. The second-order valence-electron chi connectivity index (χ2n) is 15.8. The zero-order valence-corrected chi connectivity index (χ0v) is 28.4. The molecule has 6 rings (SSSR count). The Hall–Kier alpha value is -3.03. The third-order valence-corrected chi connectivity index (χ3v) is 10.9. The highest BCUT2D eigenvalue weighted by atomic mass is 35.5. The molecule has 0 saturated heterocycles. The maximum atomic E-state index is 6.84. The van der Waals surface area contributed by atoms with Gasteiger partial charge in [0.05, 0.1) is 11.4 Å². The van der Waals surface area contributed by atoms with Gasteiger partial charge in [-0.3, -0.25) is 0 Å². The molecule has 4 aromatic rings. The third kappa shape index (κ3) is 5.22. The fourth-order valence-corrected chi connectivity index (χ4v) is 8.06. The van der Waals surface area contributed by atoms with Gasteiger partial charge in [-0.25, -0.2) is 0 Å². The average molecular weight is 590 g/mol. The maximum Gasteiger partial charge on any atom is 0.0543 e. The van der Waals surface area contributed by atoms with Crippen LogP contribution in [0.2, 0.25) is 5.02 Å². The van der Waals surface area contributed by atoms with Gasteiger partial charge in [0, 0.05) is 16.3 Å². The first-order valence-corrected chi connectivity index (χ1v) is 16.4. The van der Waals surface area contributed by atoms with Crippen molar-refractivity contribution >= 4 is 28.7 Å². The summed E-state index contributed by atoms with van der Waals surface area (Å²) in [7, 11) is 0. The van der Waals surface area contributed by atoms with Gasteiger partial charge in [-0.1, -0.05) is 109 Å². The predicted molar refractivity (Wildman–Crippen MR) is 187 cm³/mol. The van der Waals surface area contributed by atoms with Crippen LogP contribution in [-0.2, 0) is 21.7 Å². The Morgan fingerprint density at radius 1 is 0.558 bits per heavy atom. The lowest BCUT2D eigenvalue weighted by Crippen LogP contribution is -2.36. The minimum Gasteiger partial charge on any atom is -0.309 e. The molecule has 224 valence electrons. The van der Waals surface area contributed by atoms with Gasteiger partial charge in [0.15, 0.2) is 0 Å². The van der Waals surface area contributed by atoms with Crippen LogP contribution in [0.5, 0.6) is 0 Å². The Bertz CT molecular complexity index is 1670. The lowest BCUT2D eigenvalue weighted by atomic mass is 9.62. The van der Waals surface area contributed by atoms with Crippen molar-refractivity contribution in [3.8, 4) is 11.1 Å².